The standard InChI is InChI=1S/C24H22ClN3O3/c1-3-28-21-7-5-4-6-17(21)18-13-16(9-11-22(18)28)27-23(29)14(2)31-24(30)15-8-10-19(25)20(26)12-15/h4-14H,3,26H2,1-2H3,(H,27,29). The molecule has 6 nitrogen and oxygen atoms in total. The zero-order valence-electron chi connectivity index (χ0n) is 17.2. The summed E-state index contributed by atoms with van der Waals surface area (Å²) >= 11 is 5.88. The van der Waals surface area contributed by atoms with Gasteiger partial charge in [-0.3, -0.25) is 4.79 Å². The second-order valence-corrected chi connectivity index (χ2v) is 7.67. The van der Waals surface area contributed by atoms with Crippen LogP contribution < -0.4 is 11.1 Å². The molecule has 4 rings (SSSR count). The van der Waals surface area contributed by atoms with E-state index in [1.54, 1.807) is 0 Å². The van der Waals surface area contributed by atoms with Crippen LogP contribution in [-0.4, -0.2) is 22.5 Å². The summed E-state index contributed by atoms with van der Waals surface area (Å²) in [7, 11) is 0. The highest BCUT2D eigenvalue weighted by molar-refractivity contribution is 6.33. The second kappa shape index (κ2) is 8.32. The normalized spacial score (nSPS) is 12.1. The number of nitrogens with zero attached hydrogens (tertiary/aromatic N) is 1. The highest BCUT2D eigenvalue weighted by Gasteiger charge is 2.20. The molecule has 3 N–H and O–H groups in total. The molecule has 0 fully saturated rings. The number of halogens is 1. The highest BCUT2D eigenvalue weighted by Crippen LogP contribution is 2.31. The summed E-state index contributed by atoms with van der Waals surface area (Å²) in [6, 6.07) is 18.4. The monoisotopic (exact) mass is 435 g/mol. The fraction of sp³-hybridized carbons (Fsp3) is 0.167. The summed E-state index contributed by atoms with van der Waals surface area (Å²) < 4.78 is 7.53. The van der Waals surface area contributed by atoms with Gasteiger partial charge >= 0.3 is 5.97 Å². The number of ether oxygens (including phenoxy) is 1. The molecular formula is C24H22ClN3O3. The van der Waals surface area contributed by atoms with Gasteiger partial charge < -0.3 is 20.4 Å². The van der Waals surface area contributed by atoms with Gasteiger partial charge in [-0.2, -0.15) is 0 Å². The topological polar surface area (TPSA) is 86.4 Å². The molecule has 158 valence electrons. The van der Waals surface area contributed by atoms with Crippen molar-refractivity contribution < 1.29 is 14.3 Å². The minimum atomic E-state index is -0.989. The smallest absolute Gasteiger partial charge is 0.338 e. The van der Waals surface area contributed by atoms with Gasteiger partial charge in [0, 0.05) is 34.0 Å². The maximum absolute atomic E-state index is 12.6. The first-order valence-corrected chi connectivity index (χ1v) is 10.3. The number of hydrogen-bond acceptors (Lipinski definition) is 4. The molecule has 31 heavy (non-hydrogen) atoms. The van der Waals surface area contributed by atoms with Crippen LogP contribution in [0, 0.1) is 0 Å². The van der Waals surface area contributed by atoms with Gasteiger partial charge in [-0.25, -0.2) is 4.79 Å². The van der Waals surface area contributed by atoms with Crippen molar-refractivity contribution in [1.82, 2.24) is 4.57 Å². The van der Waals surface area contributed by atoms with Crippen molar-refractivity contribution in [2.75, 3.05) is 11.1 Å². The largest absolute Gasteiger partial charge is 0.449 e. The predicted octanol–water partition coefficient (Wildman–Crippen LogP) is 5.23. The number of hydrogen-bond donors (Lipinski definition) is 2. The first kappa shape index (κ1) is 20.8. The lowest BCUT2D eigenvalue weighted by Crippen LogP contribution is -2.30. The number of aryl methyl sites for hydroxylation is 1. The first-order valence-electron chi connectivity index (χ1n) is 9.97. The average molecular weight is 436 g/mol. The Balaban J connectivity index is 1.53. The maximum Gasteiger partial charge on any atom is 0.338 e. The molecule has 4 aromatic rings. The van der Waals surface area contributed by atoms with Gasteiger partial charge in [-0.15, -0.1) is 0 Å². The molecule has 0 saturated heterocycles. The van der Waals surface area contributed by atoms with Crippen LogP contribution in [0.15, 0.2) is 60.7 Å². The molecular weight excluding hydrogens is 414 g/mol. The van der Waals surface area contributed by atoms with Crippen LogP contribution in [0.3, 0.4) is 0 Å². The molecule has 0 aliphatic heterocycles. The number of aromatic nitrogens is 1. The van der Waals surface area contributed by atoms with E-state index in [0.29, 0.717) is 10.7 Å². The molecule has 0 spiro atoms. The Bertz CT molecular complexity index is 1310. The summed E-state index contributed by atoms with van der Waals surface area (Å²) in [6.07, 6.45) is -0.989. The summed E-state index contributed by atoms with van der Waals surface area (Å²) in [6.45, 7) is 4.47. The molecule has 0 bridgehead atoms. The third-order valence-electron chi connectivity index (χ3n) is 5.24. The van der Waals surface area contributed by atoms with Crippen molar-refractivity contribution in [3.63, 3.8) is 0 Å². The number of rotatable bonds is 5. The Morgan fingerprint density at radius 2 is 1.81 bits per heavy atom. The zero-order chi connectivity index (χ0) is 22.1. The number of nitrogen functional groups attached to an aromatic ring is 1. The molecule has 1 aromatic heterocycles. The van der Waals surface area contributed by atoms with E-state index >= 15 is 0 Å². The van der Waals surface area contributed by atoms with E-state index in [1.165, 1.54) is 25.1 Å². The van der Waals surface area contributed by atoms with Gasteiger partial charge in [0.05, 0.1) is 16.3 Å². The van der Waals surface area contributed by atoms with Crippen LogP contribution in [0.25, 0.3) is 21.8 Å². The second-order valence-electron chi connectivity index (χ2n) is 7.27. The number of para-hydroxylation sites is 1. The van der Waals surface area contributed by atoms with E-state index in [2.05, 4.69) is 28.9 Å². The first-order chi connectivity index (χ1) is 14.9. The highest BCUT2D eigenvalue weighted by atomic mass is 35.5. The molecule has 7 heteroatoms. The van der Waals surface area contributed by atoms with Crippen LogP contribution in [-0.2, 0) is 16.1 Å². The van der Waals surface area contributed by atoms with Crippen LogP contribution in [0.2, 0.25) is 5.02 Å². The van der Waals surface area contributed by atoms with Crippen molar-refractivity contribution in [2.24, 2.45) is 0 Å². The molecule has 3 aromatic carbocycles. The van der Waals surface area contributed by atoms with Crippen LogP contribution in [0.4, 0.5) is 11.4 Å². The number of anilines is 2. The van der Waals surface area contributed by atoms with Crippen LogP contribution >= 0.6 is 11.6 Å². The third kappa shape index (κ3) is 3.94. The molecule has 0 saturated carbocycles. The number of nitrogens with two attached hydrogens (primary N) is 1. The van der Waals surface area contributed by atoms with Crippen LogP contribution in [0.5, 0.6) is 0 Å². The fourth-order valence-corrected chi connectivity index (χ4v) is 3.79. The van der Waals surface area contributed by atoms with E-state index in [1.807, 2.05) is 30.3 Å². The summed E-state index contributed by atoms with van der Waals surface area (Å²) in [5, 5.41) is 5.35. The Kier molecular flexibility index (Phi) is 5.57. The number of amides is 1. The Hall–Kier alpha value is -3.51. The molecule has 1 heterocycles. The molecule has 1 unspecified atom stereocenters. The SMILES string of the molecule is CCn1c2ccccc2c2cc(NC(=O)C(C)OC(=O)c3ccc(Cl)c(N)c3)ccc21. The number of nitrogens with one attached hydrogen (secondary N) is 1. The lowest BCUT2D eigenvalue weighted by molar-refractivity contribution is -0.123. The Morgan fingerprint density at radius 3 is 2.55 bits per heavy atom. The van der Waals surface area contributed by atoms with E-state index < -0.39 is 18.0 Å². The minimum Gasteiger partial charge on any atom is -0.449 e. The van der Waals surface area contributed by atoms with Crippen molar-refractivity contribution in [3.8, 4) is 0 Å². The van der Waals surface area contributed by atoms with Gasteiger partial charge in [0.1, 0.15) is 0 Å². The third-order valence-corrected chi connectivity index (χ3v) is 5.59. The number of benzene rings is 3. The van der Waals surface area contributed by atoms with Crippen molar-refractivity contribution in [3.05, 3.63) is 71.2 Å². The Morgan fingerprint density at radius 1 is 1.06 bits per heavy atom. The quantitative estimate of drug-likeness (QED) is 0.332. The summed E-state index contributed by atoms with van der Waals surface area (Å²) in [5.74, 6) is -1.07. The number of fused-ring (bicyclic) bond motifs is 3. The van der Waals surface area contributed by atoms with Crippen molar-refractivity contribution >= 4 is 56.7 Å². The average Bonchev–Trinajstić information content (AvgIpc) is 3.08. The maximum atomic E-state index is 12.6. The van der Waals surface area contributed by atoms with E-state index in [0.717, 1.165) is 28.4 Å². The number of esters is 1. The van der Waals surface area contributed by atoms with Gasteiger partial charge in [0.2, 0.25) is 0 Å². The molecule has 1 atom stereocenters. The summed E-state index contributed by atoms with van der Waals surface area (Å²) in [4.78, 5) is 25.0. The Labute approximate surface area is 184 Å². The van der Waals surface area contributed by atoms with Gasteiger partial charge in [0.15, 0.2) is 6.10 Å². The van der Waals surface area contributed by atoms with Gasteiger partial charge in [-0.1, -0.05) is 29.8 Å². The molecule has 0 radical (unpaired) electrons. The lowest BCUT2D eigenvalue weighted by atomic mass is 10.1. The minimum absolute atomic E-state index is 0.232. The molecule has 0 aliphatic rings. The molecule has 1 amide bonds. The molecule has 0 aliphatic carbocycles. The number of carbonyl (C=O) groups excluding carboxylic acids is 2. The van der Waals surface area contributed by atoms with E-state index in [9.17, 15) is 9.59 Å². The predicted molar refractivity (Wildman–Crippen MR) is 124 cm³/mol. The summed E-state index contributed by atoms with van der Waals surface area (Å²) in [5.41, 5.74) is 9.11. The zero-order valence-corrected chi connectivity index (χ0v) is 17.9. The lowest BCUT2D eigenvalue weighted by Gasteiger charge is -2.14. The van der Waals surface area contributed by atoms with E-state index in [-0.39, 0.29) is 11.3 Å². The number of carbonyl (C=O) groups is 2. The van der Waals surface area contributed by atoms with Crippen molar-refractivity contribution in [2.45, 2.75) is 26.5 Å². The van der Waals surface area contributed by atoms with Gasteiger partial charge in [0.25, 0.3) is 5.91 Å². The van der Waals surface area contributed by atoms with Gasteiger partial charge in [-0.05, 0) is 56.3 Å². The van der Waals surface area contributed by atoms with E-state index in [4.69, 9.17) is 22.1 Å². The fourth-order valence-electron chi connectivity index (χ4n) is 3.67. The van der Waals surface area contributed by atoms with Crippen molar-refractivity contribution in [1.29, 1.82) is 0 Å². The van der Waals surface area contributed by atoms with Crippen LogP contribution in [0.1, 0.15) is 24.2 Å².